The van der Waals surface area contributed by atoms with Crippen molar-refractivity contribution >= 4 is 6.09 Å². The standard InChI is InChI=1S/C9H18NO2/c1-4-5-6-7-8-12-9(11)10(2)3/h1,4-8H2,2-3H3. The summed E-state index contributed by atoms with van der Waals surface area (Å²) in [6, 6.07) is 0. The van der Waals surface area contributed by atoms with Gasteiger partial charge >= 0.3 is 6.09 Å². The number of unbranched alkanes of at least 4 members (excludes halogenated alkanes) is 3. The van der Waals surface area contributed by atoms with Crippen molar-refractivity contribution in [3.05, 3.63) is 6.92 Å². The highest BCUT2D eigenvalue weighted by Gasteiger charge is 2.02. The van der Waals surface area contributed by atoms with E-state index in [1.54, 1.807) is 14.1 Å². The summed E-state index contributed by atoms with van der Waals surface area (Å²) < 4.78 is 4.92. The van der Waals surface area contributed by atoms with E-state index in [2.05, 4.69) is 6.92 Å². The molecule has 0 rings (SSSR count). The first-order chi connectivity index (χ1) is 5.68. The van der Waals surface area contributed by atoms with Gasteiger partial charge in [0.15, 0.2) is 0 Å². The van der Waals surface area contributed by atoms with Gasteiger partial charge < -0.3 is 9.64 Å². The van der Waals surface area contributed by atoms with Gasteiger partial charge in [0.1, 0.15) is 0 Å². The van der Waals surface area contributed by atoms with Gasteiger partial charge in [0.2, 0.25) is 0 Å². The quantitative estimate of drug-likeness (QED) is 0.594. The fourth-order valence-corrected chi connectivity index (χ4v) is 0.744. The third kappa shape index (κ3) is 6.01. The SMILES string of the molecule is [CH2]CCCCCOC(=O)N(C)C. The van der Waals surface area contributed by atoms with Gasteiger partial charge in [0.05, 0.1) is 6.61 Å². The Bertz CT molecular complexity index is 124. The largest absolute Gasteiger partial charge is 0.449 e. The van der Waals surface area contributed by atoms with Crippen LogP contribution in [-0.4, -0.2) is 31.7 Å². The highest BCUT2D eigenvalue weighted by Crippen LogP contribution is 1.99. The van der Waals surface area contributed by atoms with Gasteiger partial charge in [0.25, 0.3) is 0 Å². The maximum absolute atomic E-state index is 10.9. The highest BCUT2D eigenvalue weighted by molar-refractivity contribution is 5.66. The smallest absolute Gasteiger partial charge is 0.409 e. The second kappa shape index (κ2) is 6.95. The summed E-state index contributed by atoms with van der Waals surface area (Å²) in [5.74, 6) is 0. The fourth-order valence-electron chi connectivity index (χ4n) is 0.744. The Labute approximate surface area is 74.7 Å². The zero-order chi connectivity index (χ0) is 9.40. The molecule has 0 aromatic carbocycles. The van der Waals surface area contributed by atoms with Crippen molar-refractivity contribution in [2.75, 3.05) is 20.7 Å². The van der Waals surface area contributed by atoms with Crippen LogP contribution in [-0.2, 0) is 4.74 Å². The van der Waals surface area contributed by atoms with Crippen molar-refractivity contribution in [1.29, 1.82) is 0 Å². The lowest BCUT2D eigenvalue weighted by atomic mass is 10.2. The zero-order valence-corrected chi connectivity index (χ0v) is 8.01. The van der Waals surface area contributed by atoms with Crippen LogP contribution in [0.25, 0.3) is 0 Å². The van der Waals surface area contributed by atoms with Crippen LogP contribution < -0.4 is 0 Å². The molecule has 1 radical (unpaired) electrons. The monoisotopic (exact) mass is 172 g/mol. The normalized spacial score (nSPS) is 9.58. The Hall–Kier alpha value is -0.730. The molecular formula is C9H18NO2. The lowest BCUT2D eigenvalue weighted by Crippen LogP contribution is -2.23. The minimum Gasteiger partial charge on any atom is -0.449 e. The first kappa shape index (κ1) is 11.3. The first-order valence-corrected chi connectivity index (χ1v) is 4.31. The lowest BCUT2D eigenvalue weighted by molar-refractivity contribution is 0.116. The summed E-state index contributed by atoms with van der Waals surface area (Å²) in [5, 5.41) is 0. The minimum atomic E-state index is -0.260. The molecule has 1 amide bonds. The topological polar surface area (TPSA) is 29.5 Å². The van der Waals surface area contributed by atoms with Gasteiger partial charge in [-0.3, -0.25) is 0 Å². The number of hydrogen-bond donors (Lipinski definition) is 0. The Morgan fingerprint density at radius 1 is 1.33 bits per heavy atom. The van der Waals surface area contributed by atoms with Crippen LogP contribution in [0.2, 0.25) is 0 Å². The van der Waals surface area contributed by atoms with Gasteiger partial charge in [-0.05, 0) is 6.42 Å². The number of hydrogen-bond acceptors (Lipinski definition) is 2. The third-order valence-corrected chi connectivity index (χ3v) is 1.49. The summed E-state index contributed by atoms with van der Waals surface area (Å²) in [6.45, 7) is 4.26. The van der Waals surface area contributed by atoms with E-state index >= 15 is 0 Å². The van der Waals surface area contributed by atoms with Crippen molar-refractivity contribution in [2.24, 2.45) is 0 Å². The molecule has 0 fully saturated rings. The Balaban J connectivity index is 3.14. The molecule has 0 unspecified atom stereocenters. The van der Waals surface area contributed by atoms with Gasteiger partial charge in [-0.2, -0.15) is 0 Å². The van der Waals surface area contributed by atoms with Gasteiger partial charge in [-0.25, -0.2) is 4.79 Å². The molecule has 0 aromatic rings. The predicted octanol–water partition coefficient (Wildman–Crippen LogP) is 2.08. The molecule has 0 bridgehead atoms. The molecule has 0 heterocycles. The summed E-state index contributed by atoms with van der Waals surface area (Å²) in [7, 11) is 3.36. The molecule has 0 aliphatic rings. The average molecular weight is 172 g/mol. The van der Waals surface area contributed by atoms with Crippen molar-refractivity contribution in [3.63, 3.8) is 0 Å². The van der Waals surface area contributed by atoms with Crippen molar-refractivity contribution in [1.82, 2.24) is 4.90 Å². The van der Waals surface area contributed by atoms with Crippen molar-refractivity contribution < 1.29 is 9.53 Å². The van der Waals surface area contributed by atoms with Crippen LogP contribution in [0.15, 0.2) is 0 Å². The van der Waals surface area contributed by atoms with E-state index in [9.17, 15) is 4.79 Å². The summed E-state index contributed by atoms with van der Waals surface area (Å²) in [6.07, 6.45) is 3.84. The summed E-state index contributed by atoms with van der Waals surface area (Å²) in [4.78, 5) is 12.3. The number of carbonyl (C=O) groups excluding carboxylic acids is 1. The molecule has 71 valence electrons. The van der Waals surface area contributed by atoms with Crippen molar-refractivity contribution in [2.45, 2.75) is 25.7 Å². The molecule has 0 aromatic heterocycles. The van der Waals surface area contributed by atoms with Gasteiger partial charge in [-0.15, -0.1) is 0 Å². The molecule has 12 heavy (non-hydrogen) atoms. The van der Waals surface area contributed by atoms with E-state index in [0.29, 0.717) is 6.61 Å². The molecule has 3 nitrogen and oxygen atoms in total. The van der Waals surface area contributed by atoms with Crippen LogP contribution >= 0.6 is 0 Å². The van der Waals surface area contributed by atoms with E-state index in [1.165, 1.54) is 4.90 Å². The molecule has 0 aliphatic heterocycles. The number of carbonyl (C=O) groups is 1. The van der Waals surface area contributed by atoms with E-state index in [4.69, 9.17) is 4.74 Å². The Morgan fingerprint density at radius 3 is 2.50 bits per heavy atom. The number of nitrogens with zero attached hydrogens (tertiary/aromatic N) is 1. The average Bonchev–Trinajstić information content (AvgIpc) is 2.03. The Kier molecular flexibility index (Phi) is 6.53. The number of ether oxygens (including phenoxy) is 1. The second-order valence-electron chi connectivity index (χ2n) is 2.92. The second-order valence-corrected chi connectivity index (χ2v) is 2.92. The van der Waals surface area contributed by atoms with E-state index < -0.39 is 0 Å². The first-order valence-electron chi connectivity index (χ1n) is 4.31. The van der Waals surface area contributed by atoms with E-state index in [0.717, 1.165) is 25.7 Å². The maximum Gasteiger partial charge on any atom is 0.409 e. The van der Waals surface area contributed by atoms with Crippen LogP contribution in [0.1, 0.15) is 25.7 Å². The fraction of sp³-hybridized carbons (Fsp3) is 0.778. The number of rotatable bonds is 5. The zero-order valence-electron chi connectivity index (χ0n) is 8.01. The molecular weight excluding hydrogens is 154 g/mol. The molecule has 0 spiro atoms. The highest BCUT2D eigenvalue weighted by atomic mass is 16.6. The summed E-state index contributed by atoms with van der Waals surface area (Å²) >= 11 is 0. The van der Waals surface area contributed by atoms with Crippen LogP contribution in [0.5, 0.6) is 0 Å². The maximum atomic E-state index is 10.9. The van der Waals surface area contributed by atoms with Crippen molar-refractivity contribution in [3.8, 4) is 0 Å². The van der Waals surface area contributed by atoms with E-state index in [1.807, 2.05) is 0 Å². The van der Waals surface area contributed by atoms with Crippen LogP contribution in [0.4, 0.5) is 4.79 Å². The van der Waals surface area contributed by atoms with Gasteiger partial charge in [0, 0.05) is 14.1 Å². The van der Waals surface area contributed by atoms with E-state index in [-0.39, 0.29) is 6.09 Å². The lowest BCUT2D eigenvalue weighted by Gasteiger charge is -2.10. The molecule has 0 saturated carbocycles. The predicted molar refractivity (Wildman–Crippen MR) is 48.9 cm³/mol. The molecule has 0 N–H and O–H groups in total. The molecule has 0 saturated heterocycles. The minimum absolute atomic E-state index is 0.260. The van der Waals surface area contributed by atoms with Crippen LogP contribution in [0.3, 0.4) is 0 Å². The molecule has 0 atom stereocenters. The summed E-state index contributed by atoms with van der Waals surface area (Å²) in [5.41, 5.74) is 0. The molecule has 0 aliphatic carbocycles. The molecule has 3 heteroatoms. The third-order valence-electron chi connectivity index (χ3n) is 1.49. The van der Waals surface area contributed by atoms with Crippen LogP contribution in [0, 0.1) is 6.92 Å². The number of amides is 1. The Morgan fingerprint density at radius 2 is 2.00 bits per heavy atom. The van der Waals surface area contributed by atoms with Gasteiger partial charge in [-0.1, -0.05) is 26.2 Å².